The molecule has 0 spiro atoms. The summed E-state index contributed by atoms with van der Waals surface area (Å²) in [6, 6.07) is 10.6. The molecule has 43 heavy (non-hydrogen) atoms. The number of nitrogens with zero attached hydrogens (tertiary/aromatic N) is 3. The van der Waals surface area contributed by atoms with Crippen molar-refractivity contribution in [2.75, 3.05) is 6.54 Å². The highest BCUT2D eigenvalue weighted by Crippen LogP contribution is 2.28. The molecule has 2 aromatic carbocycles. The number of esters is 1. The first-order valence-corrected chi connectivity index (χ1v) is 14.6. The van der Waals surface area contributed by atoms with Gasteiger partial charge in [-0.25, -0.2) is 9.78 Å². The Hall–Kier alpha value is -4.09. The second kappa shape index (κ2) is 13.9. The van der Waals surface area contributed by atoms with Crippen molar-refractivity contribution in [1.29, 1.82) is 0 Å². The summed E-state index contributed by atoms with van der Waals surface area (Å²) < 4.78 is 11.2. The molecule has 1 saturated heterocycles. The van der Waals surface area contributed by atoms with E-state index in [1.54, 1.807) is 45.9 Å². The van der Waals surface area contributed by atoms with Crippen LogP contribution in [0, 0.1) is 11.8 Å². The first-order chi connectivity index (χ1) is 20.5. The van der Waals surface area contributed by atoms with Crippen molar-refractivity contribution >= 4 is 34.8 Å². The second-order valence-electron chi connectivity index (χ2n) is 11.6. The van der Waals surface area contributed by atoms with Crippen LogP contribution in [-0.4, -0.2) is 68.3 Å². The number of imide groups is 1. The summed E-state index contributed by atoms with van der Waals surface area (Å²) >= 11 is 0. The Bertz CT molecular complexity index is 1450. The maximum Gasteiger partial charge on any atom is 0.327 e. The Kier molecular flexibility index (Phi) is 10.3. The fourth-order valence-electron chi connectivity index (χ4n) is 5.24. The Morgan fingerprint density at radius 2 is 1.79 bits per heavy atom. The maximum atomic E-state index is 14.2. The van der Waals surface area contributed by atoms with E-state index in [1.165, 1.54) is 4.90 Å². The summed E-state index contributed by atoms with van der Waals surface area (Å²) in [6.07, 6.45) is 1.12. The zero-order valence-electron chi connectivity index (χ0n) is 25.1. The van der Waals surface area contributed by atoms with Gasteiger partial charge in [-0.2, -0.15) is 0 Å². The molecule has 0 radical (unpaired) electrons. The van der Waals surface area contributed by atoms with Gasteiger partial charge in [0.05, 0.1) is 19.1 Å². The summed E-state index contributed by atoms with van der Waals surface area (Å²) in [5.74, 6) is -2.88. The predicted octanol–water partition coefficient (Wildman–Crippen LogP) is 4.06. The van der Waals surface area contributed by atoms with Crippen molar-refractivity contribution < 1.29 is 33.4 Å². The van der Waals surface area contributed by atoms with E-state index in [0.29, 0.717) is 36.0 Å². The van der Waals surface area contributed by atoms with Crippen LogP contribution in [0.1, 0.15) is 68.8 Å². The lowest BCUT2D eigenvalue weighted by Gasteiger charge is -2.37. The van der Waals surface area contributed by atoms with Gasteiger partial charge in [0.2, 0.25) is 11.7 Å². The number of likely N-dealkylation sites (tertiary alicyclic amines) is 1. The molecule has 4 rings (SSSR count). The Labute approximate surface area is 251 Å². The van der Waals surface area contributed by atoms with E-state index in [2.05, 4.69) is 4.98 Å². The summed E-state index contributed by atoms with van der Waals surface area (Å²) in [7, 11) is 0. The number of rotatable bonds is 11. The number of Topliss-reactive ketones (excluding diaryl/α,β-unsaturated/α-hetero) is 1. The Morgan fingerprint density at radius 1 is 1.07 bits per heavy atom. The molecule has 0 bridgehead atoms. The summed E-state index contributed by atoms with van der Waals surface area (Å²) in [5, 5.41) is 9.48. The topological polar surface area (TPSA) is 156 Å². The third-order valence-electron chi connectivity index (χ3n) is 7.74. The minimum atomic E-state index is -1.26. The zero-order chi connectivity index (χ0) is 31.3. The summed E-state index contributed by atoms with van der Waals surface area (Å²) in [6.45, 7) is 7.19. The molecule has 0 aliphatic carbocycles. The highest BCUT2D eigenvalue weighted by molar-refractivity contribution is 6.06. The maximum absolute atomic E-state index is 14.2. The van der Waals surface area contributed by atoms with Gasteiger partial charge in [-0.05, 0) is 47.9 Å². The van der Waals surface area contributed by atoms with Crippen molar-refractivity contribution in [1.82, 2.24) is 14.8 Å². The molecule has 230 valence electrons. The van der Waals surface area contributed by atoms with E-state index in [-0.39, 0.29) is 31.4 Å². The van der Waals surface area contributed by atoms with Crippen molar-refractivity contribution in [3.63, 3.8) is 0 Å². The number of aliphatic hydroxyl groups excluding tert-OH is 1. The SMILES string of the molecule is CC(C)C(C(=O)c1nc2cc(CO)ccc2o1)N(C(=O)[C@@H](N)C(C)C)C(=O)N1CCC[C@H]1CC(=O)OCc1ccccc1. The number of urea groups is 1. The first kappa shape index (κ1) is 31.8. The van der Waals surface area contributed by atoms with Gasteiger partial charge in [0, 0.05) is 12.6 Å². The molecule has 1 unspecified atom stereocenters. The number of hydrogen-bond acceptors (Lipinski definition) is 9. The van der Waals surface area contributed by atoms with Gasteiger partial charge in [0.15, 0.2) is 5.58 Å². The van der Waals surface area contributed by atoms with Crippen LogP contribution < -0.4 is 5.73 Å². The standard InChI is InChI=1S/C32H40N4O7/c1-19(2)27(33)31(40)36(28(20(3)4)29(39)30-34-24-15-22(17-37)12-13-25(24)43-30)32(41)35-14-8-11-23(35)16-26(38)42-18-21-9-6-5-7-10-21/h5-7,9-10,12-13,15,19-20,23,27-28,37H,8,11,14,16-18,33H2,1-4H3/t23-,27-,28?/m0/s1. The Balaban J connectivity index is 1.61. The Morgan fingerprint density at radius 3 is 2.44 bits per heavy atom. The van der Waals surface area contributed by atoms with Crippen LogP contribution in [0.2, 0.25) is 0 Å². The van der Waals surface area contributed by atoms with Crippen LogP contribution in [0.15, 0.2) is 52.9 Å². The van der Waals surface area contributed by atoms with E-state index < -0.39 is 47.7 Å². The number of aromatic nitrogens is 1. The fourth-order valence-corrected chi connectivity index (χ4v) is 5.24. The summed E-state index contributed by atoms with van der Waals surface area (Å²) in [5.41, 5.74) is 8.41. The number of ether oxygens (including phenoxy) is 1. The highest BCUT2D eigenvalue weighted by Gasteiger charge is 2.45. The largest absolute Gasteiger partial charge is 0.461 e. The van der Waals surface area contributed by atoms with Crippen LogP contribution >= 0.6 is 0 Å². The minimum Gasteiger partial charge on any atom is -0.461 e. The molecular formula is C32H40N4O7. The molecule has 1 aromatic heterocycles. The number of nitrogens with two attached hydrogens (primary N) is 1. The van der Waals surface area contributed by atoms with Gasteiger partial charge in [-0.15, -0.1) is 0 Å². The number of benzene rings is 2. The molecule has 1 aliphatic heterocycles. The monoisotopic (exact) mass is 592 g/mol. The van der Waals surface area contributed by atoms with Gasteiger partial charge in [0.1, 0.15) is 18.2 Å². The van der Waals surface area contributed by atoms with Gasteiger partial charge in [-0.1, -0.05) is 64.1 Å². The van der Waals surface area contributed by atoms with E-state index in [0.717, 1.165) is 10.5 Å². The van der Waals surface area contributed by atoms with Crippen molar-refractivity contribution in [3.8, 4) is 0 Å². The number of amides is 3. The number of fused-ring (bicyclic) bond motifs is 1. The van der Waals surface area contributed by atoms with Gasteiger partial charge < -0.3 is 24.9 Å². The fraction of sp³-hybridized carbons (Fsp3) is 0.469. The van der Waals surface area contributed by atoms with Crippen LogP contribution in [0.5, 0.6) is 0 Å². The summed E-state index contributed by atoms with van der Waals surface area (Å²) in [4.78, 5) is 61.5. The van der Waals surface area contributed by atoms with Gasteiger partial charge in [0.25, 0.3) is 5.89 Å². The molecular weight excluding hydrogens is 552 g/mol. The predicted molar refractivity (Wildman–Crippen MR) is 159 cm³/mol. The lowest BCUT2D eigenvalue weighted by atomic mass is 9.95. The average Bonchev–Trinajstić information content (AvgIpc) is 3.64. The number of carbonyl (C=O) groups excluding carboxylic acids is 4. The molecule has 11 nitrogen and oxygen atoms in total. The number of ketones is 1. The third kappa shape index (κ3) is 7.29. The molecule has 11 heteroatoms. The quantitative estimate of drug-likeness (QED) is 0.248. The van der Waals surface area contributed by atoms with Crippen LogP contribution in [0.4, 0.5) is 4.79 Å². The number of hydrogen-bond donors (Lipinski definition) is 2. The molecule has 3 amide bonds. The second-order valence-corrected chi connectivity index (χ2v) is 11.6. The van der Waals surface area contributed by atoms with Crippen LogP contribution in [0.25, 0.3) is 11.1 Å². The average molecular weight is 593 g/mol. The van der Waals surface area contributed by atoms with Gasteiger partial charge >= 0.3 is 12.0 Å². The third-order valence-corrected chi connectivity index (χ3v) is 7.74. The molecule has 3 atom stereocenters. The first-order valence-electron chi connectivity index (χ1n) is 14.6. The van der Waals surface area contributed by atoms with Crippen molar-refractivity contribution in [2.45, 2.75) is 78.3 Å². The lowest BCUT2D eigenvalue weighted by molar-refractivity contribution is -0.146. The highest BCUT2D eigenvalue weighted by atomic mass is 16.5. The normalized spacial score (nSPS) is 16.5. The number of oxazole rings is 1. The molecule has 3 aromatic rings. The smallest absolute Gasteiger partial charge is 0.327 e. The van der Waals surface area contributed by atoms with Gasteiger partial charge in [-0.3, -0.25) is 19.3 Å². The molecule has 1 fully saturated rings. The number of carbonyl (C=O) groups is 4. The van der Waals surface area contributed by atoms with Crippen LogP contribution in [-0.2, 0) is 27.5 Å². The van der Waals surface area contributed by atoms with Crippen LogP contribution in [0.3, 0.4) is 0 Å². The minimum absolute atomic E-state index is 0.0462. The van der Waals surface area contributed by atoms with Crippen molar-refractivity contribution in [3.05, 3.63) is 65.5 Å². The van der Waals surface area contributed by atoms with Crippen molar-refractivity contribution in [2.24, 2.45) is 17.6 Å². The van der Waals surface area contributed by atoms with E-state index >= 15 is 0 Å². The lowest BCUT2D eigenvalue weighted by Crippen LogP contribution is -2.60. The molecule has 2 heterocycles. The molecule has 0 saturated carbocycles. The molecule has 3 N–H and O–H groups in total. The van der Waals surface area contributed by atoms with E-state index in [4.69, 9.17) is 14.9 Å². The van der Waals surface area contributed by atoms with E-state index in [1.807, 2.05) is 30.3 Å². The zero-order valence-corrected chi connectivity index (χ0v) is 25.1. The molecule has 1 aliphatic rings. The van der Waals surface area contributed by atoms with E-state index in [9.17, 15) is 24.3 Å². The number of aliphatic hydroxyl groups is 1.